The van der Waals surface area contributed by atoms with Gasteiger partial charge in [-0.05, 0) is 56.9 Å². The van der Waals surface area contributed by atoms with Crippen molar-refractivity contribution in [3.8, 4) is 11.1 Å². The molecule has 0 amide bonds. The van der Waals surface area contributed by atoms with Crippen molar-refractivity contribution >= 4 is 23.0 Å². The zero-order valence-corrected chi connectivity index (χ0v) is 17.4. The van der Waals surface area contributed by atoms with Crippen LogP contribution < -0.4 is 0 Å². The van der Waals surface area contributed by atoms with Crippen molar-refractivity contribution in [1.82, 2.24) is 0 Å². The summed E-state index contributed by atoms with van der Waals surface area (Å²) in [4.78, 5) is 13.0. The molecule has 0 saturated carbocycles. The predicted molar refractivity (Wildman–Crippen MR) is 110 cm³/mol. The van der Waals surface area contributed by atoms with Crippen molar-refractivity contribution in [2.45, 2.75) is 52.2 Å². The van der Waals surface area contributed by atoms with E-state index >= 15 is 0 Å². The fourth-order valence-electron chi connectivity index (χ4n) is 3.72. The van der Waals surface area contributed by atoms with Crippen LogP contribution in [0.15, 0.2) is 42.2 Å². The molecule has 0 fully saturated rings. The summed E-state index contributed by atoms with van der Waals surface area (Å²) in [5.41, 5.74) is 0.741. The minimum absolute atomic E-state index is 0.0584. The molecular weight excluding hydrogens is 379 g/mol. The van der Waals surface area contributed by atoms with Crippen LogP contribution in [-0.2, 0) is 16.0 Å². The van der Waals surface area contributed by atoms with Gasteiger partial charge in [-0.25, -0.2) is 4.39 Å². The summed E-state index contributed by atoms with van der Waals surface area (Å²) >= 11 is 5.92. The number of aryl methyl sites for hydroxylation is 1. The number of benzene rings is 2. The highest BCUT2D eigenvalue weighted by Crippen LogP contribution is 2.41. The SMILES string of the molecule is CCc1cc(-c2cccc(Cl)c2F)ccc1C1=C(O)C(C)(C)OC(C)(C)C1=O. The summed E-state index contributed by atoms with van der Waals surface area (Å²) in [7, 11) is 0. The minimum atomic E-state index is -1.06. The summed E-state index contributed by atoms with van der Waals surface area (Å²) in [5.74, 6) is -0.848. The van der Waals surface area contributed by atoms with Crippen molar-refractivity contribution in [3.63, 3.8) is 0 Å². The molecule has 3 rings (SSSR count). The van der Waals surface area contributed by atoms with Gasteiger partial charge in [-0.2, -0.15) is 0 Å². The van der Waals surface area contributed by atoms with Gasteiger partial charge in [0, 0.05) is 5.56 Å². The maximum Gasteiger partial charge on any atom is 0.198 e. The van der Waals surface area contributed by atoms with Crippen LogP contribution in [-0.4, -0.2) is 22.1 Å². The van der Waals surface area contributed by atoms with Gasteiger partial charge in [0.1, 0.15) is 22.8 Å². The molecule has 0 unspecified atom stereocenters. The van der Waals surface area contributed by atoms with Crippen molar-refractivity contribution in [3.05, 3.63) is 64.1 Å². The van der Waals surface area contributed by atoms with Crippen LogP contribution in [0.25, 0.3) is 16.7 Å². The number of ether oxygens (including phenoxy) is 1. The van der Waals surface area contributed by atoms with E-state index in [0.717, 1.165) is 5.56 Å². The molecule has 1 heterocycles. The van der Waals surface area contributed by atoms with Crippen molar-refractivity contribution in [2.75, 3.05) is 0 Å². The third kappa shape index (κ3) is 3.36. The molecular formula is C23H24ClFO3. The summed E-state index contributed by atoms with van der Waals surface area (Å²) in [5, 5.41) is 10.9. The molecule has 0 aliphatic carbocycles. The van der Waals surface area contributed by atoms with Gasteiger partial charge in [-0.15, -0.1) is 0 Å². The molecule has 1 aliphatic rings. The van der Waals surface area contributed by atoms with Gasteiger partial charge in [-0.3, -0.25) is 4.79 Å². The Bertz CT molecular complexity index is 989. The Balaban J connectivity index is 2.21. The van der Waals surface area contributed by atoms with Gasteiger partial charge in [0.15, 0.2) is 5.78 Å². The van der Waals surface area contributed by atoms with Crippen LogP contribution in [0.3, 0.4) is 0 Å². The van der Waals surface area contributed by atoms with E-state index in [0.29, 0.717) is 23.1 Å². The quantitative estimate of drug-likeness (QED) is 0.671. The van der Waals surface area contributed by atoms with Crippen LogP contribution in [0, 0.1) is 5.82 Å². The van der Waals surface area contributed by atoms with E-state index in [9.17, 15) is 14.3 Å². The molecule has 0 radical (unpaired) electrons. The smallest absolute Gasteiger partial charge is 0.198 e. The zero-order valence-electron chi connectivity index (χ0n) is 16.7. The van der Waals surface area contributed by atoms with Crippen LogP contribution in [0.2, 0.25) is 5.02 Å². The van der Waals surface area contributed by atoms with Gasteiger partial charge in [0.05, 0.1) is 10.6 Å². The summed E-state index contributed by atoms with van der Waals surface area (Å²) in [6.07, 6.45) is 0.608. The maximum absolute atomic E-state index is 14.5. The Morgan fingerprint density at radius 3 is 2.39 bits per heavy atom. The fourth-order valence-corrected chi connectivity index (χ4v) is 3.89. The Kier molecular flexibility index (Phi) is 5.15. The largest absolute Gasteiger partial charge is 0.508 e. The second kappa shape index (κ2) is 7.02. The number of halogens is 2. The van der Waals surface area contributed by atoms with E-state index in [1.165, 1.54) is 6.07 Å². The number of rotatable bonds is 3. The van der Waals surface area contributed by atoms with E-state index in [-0.39, 0.29) is 22.1 Å². The molecule has 2 aromatic carbocycles. The van der Waals surface area contributed by atoms with Crippen LogP contribution in [0.1, 0.15) is 45.7 Å². The van der Waals surface area contributed by atoms with Gasteiger partial charge in [-0.1, -0.05) is 48.9 Å². The normalized spacial score (nSPS) is 18.5. The van der Waals surface area contributed by atoms with Crippen molar-refractivity contribution < 1.29 is 19.0 Å². The van der Waals surface area contributed by atoms with Crippen molar-refractivity contribution in [1.29, 1.82) is 0 Å². The first-order chi connectivity index (χ1) is 13.0. The molecule has 0 atom stereocenters. The average Bonchev–Trinajstić information content (AvgIpc) is 2.62. The standard InChI is InChI=1S/C23H24ClFO3/c1-6-13-12-14(16-8-7-9-17(24)19(16)25)10-11-15(13)18-20(26)22(2,3)28-23(4,5)21(18)27/h7-12,26H,6H2,1-5H3. The minimum Gasteiger partial charge on any atom is -0.508 e. The Labute approximate surface area is 169 Å². The third-order valence-corrected chi connectivity index (χ3v) is 5.40. The van der Waals surface area contributed by atoms with E-state index in [4.69, 9.17) is 16.3 Å². The first kappa shape index (κ1) is 20.6. The summed E-state index contributed by atoms with van der Waals surface area (Å²) < 4.78 is 20.3. The van der Waals surface area contributed by atoms with Crippen LogP contribution in [0.5, 0.6) is 0 Å². The highest BCUT2D eigenvalue weighted by molar-refractivity contribution is 6.31. The highest BCUT2D eigenvalue weighted by atomic mass is 35.5. The lowest BCUT2D eigenvalue weighted by molar-refractivity contribution is -0.158. The molecule has 1 N–H and O–H groups in total. The lowest BCUT2D eigenvalue weighted by Crippen LogP contribution is -2.49. The molecule has 3 nitrogen and oxygen atoms in total. The predicted octanol–water partition coefficient (Wildman–Crippen LogP) is 6.13. The molecule has 0 spiro atoms. The second-order valence-corrected chi connectivity index (χ2v) is 8.41. The van der Waals surface area contributed by atoms with Crippen LogP contribution in [0.4, 0.5) is 4.39 Å². The first-order valence-corrected chi connectivity index (χ1v) is 9.63. The number of carbonyl (C=O) groups excluding carboxylic acids is 1. The highest BCUT2D eigenvalue weighted by Gasteiger charge is 2.47. The number of carbonyl (C=O) groups is 1. The van der Waals surface area contributed by atoms with E-state index < -0.39 is 17.0 Å². The summed E-state index contributed by atoms with van der Waals surface area (Å²) in [6.45, 7) is 8.82. The monoisotopic (exact) mass is 402 g/mol. The number of hydrogen-bond donors (Lipinski definition) is 1. The molecule has 28 heavy (non-hydrogen) atoms. The number of aliphatic hydroxyl groups is 1. The Morgan fingerprint density at radius 2 is 1.75 bits per heavy atom. The number of Topliss-reactive ketones (excluding diaryl/α,β-unsaturated/α-hetero) is 1. The van der Waals surface area contributed by atoms with Gasteiger partial charge in [0.25, 0.3) is 0 Å². The first-order valence-electron chi connectivity index (χ1n) is 9.26. The third-order valence-electron chi connectivity index (χ3n) is 5.11. The second-order valence-electron chi connectivity index (χ2n) is 8.00. The lowest BCUT2D eigenvalue weighted by Gasteiger charge is -2.40. The number of ketones is 1. The molecule has 5 heteroatoms. The molecule has 0 bridgehead atoms. The topological polar surface area (TPSA) is 46.5 Å². The van der Waals surface area contributed by atoms with Gasteiger partial charge < -0.3 is 9.84 Å². The lowest BCUT2D eigenvalue weighted by atomic mass is 9.81. The van der Waals surface area contributed by atoms with Gasteiger partial charge >= 0.3 is 0 Å². The molecule has 0 aromatic heterocycles. The molecule has 0 saturated heterocycles. The average molecular weight is 403 g/mol. The Morgan fingerprint density at radius 1 is 1.07 bits per heavy atom. The molecule has 2 aromatic rings. The van der Waals surface area contributed by atoms with E-state index in [1.54, 1.807) is 52.0 Å². The van der Waals surface area contributed by atoms with Crippen LogP contribution >= 0.6 is 11.6 Å². The van der Waals surface area contributed by atoms with Crippen molar-refractivity contribution in [2.24, 2.45) is 0 Å². The van der Waals surface area contributed by atoms with E-state index in [1.807, 2.05) is 13.0 Å². The zero-order chi connectivity index (χ0) is 20.9. The van der Waals surface area contributed by atoms with E-state index in [2.05, 4.69) is 0 Å². The maximum atomic E-state index is 14.5. The Hall–Kier alpha value is -2.17. The summed E-state index contributed by atoms with van der Waals surface area (Å²) in [6, 6.07) is 10.2. The molecule has 148 valence electrons. The molecule has 1 aliphatic heterocycles. The number of aliphatic hydroxyl groups excluding tert-OH is 1. The number of hydrogen-bond acceptors (Lipinski definition) is 3. The fraction of sp³-hybridized carbons (Fsp3) is 0.348. The van der Waals surface area contributed by atoms with Gasteiger partial charge in [0.2, 0.25) is 0 Å².